The molecule has 0 radical (unpaired) electrons. The van der Waals surface area contributed by atoms with Gasteiger partial charge < -0.3 is 5.11 Å². The average molecular weight is 196 g/mol. The van der Waals surface area contributed by atoms with E-state index in [0.29, 0.717) is 0 Å². The zero-order valence-corrected chi connectivity index (χ0v) is 8.81. The molecule has 0 aliphatic heterocycles. The van der Waals surface area contributed by atoms with Crippen molar-refractivity contribution in [1.82, 2.24) is 0 Å². The lowest BCUT2D eigenvalue weighted by atomic mass is 10.2. The predicted octanol–water partition coefficient (Wildman–Crippen LogP) is 2.72. The molecule has 1 nitrogen and oxygen atoms in total. The molecule has 0 amide bonds. The highest BCUT2D eigenvalue weighted by Crippen LogP contribution is 2.19. The Kier molecular flexibility index (Phi) is 4.94. The molecule has 0 heterocycles. The van der Waals surface area contributed by atoms with Crippen LogP contribution in [0.4, 0.5) is 0 Å². The number of rotatable bonds is 5. The minimum atomic E-state index is 0.238. The summed E-state index contributed by atoms with van der Waals surface area (Å²) in [6, 6.07) is 8.41. The van der Waals surface area contributed by atoms with E-state index < -0.39 is 0 Å². The van der Waals surface area contributed by atoms with Crippen molar-refractivity contribution in [2.45, 2.75) is 24.7 Å². The number of aliphatic hydroxyl groups excluding tert-OH is 1. The van der Waals surface area contributed by atoms with E-state index in [-0.39, 0.29) is 6.61 Å². The quantitative estimate of drug-likeness (QED) is 0.731. The highest BCUT2D eigenvalue weighted by Gasteiger charge is 1.95. The van der Waals surface area contributed by atoms with E-state index >= 15 is 0 Å². The first-order valence-corrected chi connectivity index (χ1v) is 5.68. The molecule has 0 spiro atoms. The molecule has 0 saturated heterocycles. The van der Waals surface area contributed by atoms with Gasteiger partial charge >= 0.3 is 0 Å². The van der Waals surface area contributed by atoms with Gasteiger partial charge in [0.25, 0.3) is 0 Å². The van der Waals surface area contributed by atoms with E-state index in [4.69, 9.17) is 5.11 Å². The van der Waals surface area contributed by atoms with Crippen molar-refractivity contribution in [3.63, 3.8) is 0 Å². The summed E-state index contributed by atoms with van der Waals surface area (Å²) in [6.45, 7) is 2.42. The van der Waals surface area contributed by atoms with E-state index in [1.165, 1.54) is 22.6 Å². The third-order valence-corrected chi connectivity index (χ3v) is 2.97. The van der Waals surface area contributed by atoms with E-state index in [2.05, 4.69) is 31.2 Å². The van der Waals surface area contributed by atoms with Crippen LogP contribution in [0, 0.1) is 0 Å². The van der Waals surface area contributed by atoms with Gasteiger partial charge in [-0.3, -0.25) is 0 Å². The Balaban J connectivity index is 2.56. The molecule has 0 unspecified atom stereocenters. The molecule has 1 rings (SSSR count). The van der Waals surface area contributed by atoms with Gasteiger partial charge in [0.15, 0.2) is 0 Å². The van der Waals surface area contributed by atoms with Crippen molar-refractivity contribution in [2.24, 2.45) is 0 Å². The van der Waals surface area contributed by atoms with Gasteiger partial charge in [-0.15, -0.1) is 11.8 Å². The molecule has 0 fully saturated rings. The Morgan fingerprint density at radius 1 is 1.38 bits per heavy atom. The third kappa shape index (κ3) is 3.83. The lowest BCUT2D eigenvalue weighted by molar-refractivity contribution is 0.299. The number of hydrogen-bond donors (Lipinski definition) is 1. The third-order valence-electron chi connectivity index (χ3n) is 1.77. The second-order valence-electron chi connectivity index (χ2n) is 2.97. The van der Waals surface area contributed by atoms with Crippen LogP contribution in [0.25, 0.3) is 0 Å². The van der Waals surface area contributed by atoms with Crippen molar-refractivity contribution in [2.75, 3.05) is 12.4 Å². The molecule has 1 aromatic carbocycles. The van der Waals surface area contributed by atoms with E-state index in [1.54, 1.807) is 0 Å². The van der Waals surface area contributed by atoms with Crippen molar-refractivity contribution < 1.29 is 5.11 Å². The molecule has 1 aromatic rings. The van der Waals surface area contributed by atoms with Crippen molar-refractivity contribution in [3.05, 3.63) is 29.8 Å². The van der Waals surface area contributed by atoms with Gasteiger partial charge in [-0.25, -0.2) is 0 Å². The Labute approximate surface area is 84.2 Å². The second kappa shape index (κ2) is 6.06. The normalized spacial score (nSPS) is 10.3. The van der Waals surface area contributed by atoms with Gasteiger partial charge in [-0.1, -0.05) is 19.1 Å². The van der Waals surface area contributed by atoms with Crippen LogP contribution in [-0.2, 0) is 6.42 Å². The summed E-state index contributed by atoms with van der Waals surface area (Å²) in [5.41, 5.74) is 1.23. The van der Waals surface area contributed by atoms with Gasteiger partial charge in [0.2, 0.25) is 0 Å². The van der Waals surface area contributed by atoms with Gasteiger partial charge in [0.05, 0.1) is 0 Å². The molecule has 1 N–H and O–H groups in total. The molecule has 0 bridgehead atoms. The van der Waals surface area contributed by atoms with Crippen molar-refractivity contribution >= 4 is 11.8 Å². The molecule has 0 aliphatic rings. The Bertz CT molecular complexity index is 248. The molecule has 0 aromatic heterocycles. The fourth-order valence-electron chi connectivity index (χ4n) is 1.14. The second-order valence-corrected chi connectivity index (χ2v) is 4.14. The van der Waals surface area contributed by atoms with Gasteiger partial charge in [0.1, 0.15) is 0 Å². The summed E-state index contributed by atoms with van der Waals surface area (Å²) >= 11 is 1.88. The highest BCUT2D eigenvalue weighted by molar-refractivity contribution is 7.99. The van der Waals surface area contributed by atoms with Crippen LogP contribution in [0.5, 0.6) is 0 Å². The first-order chi connectivity index (χ1) is 6.36. The van der Waals surface area contributed by atoms with Crippen molar-refractivity contribution in [1.29, 1.82) is 0 Å². The number of aliphatic hydroxyl groups is 1. The number of hydrogen-bond acceptors (Lipinski definition) is 2. The zero-order chi connectivity index (χ0) is 9.52. The van der Waals surface area contributed by atoms with Gasteiger partial charge in [-0.05, 0) is 36.3 Å². The van der Waals surface area contributed by atoms with Crippen LogP contribution >= 0.6 is 11.8 Å². The first kappa shape index (κ1) is 10.6. The lowest BCUT2D eigenvalue weighted by Crippen LogP contribution is -1.90. The van der Waals surface area contributed by atoms with Gasteiger partial charge in [-0.2, -0.15) is 0 Å². The monoisotopic (exact) mass is 196 g/mol. The molecule has 72 valence electrons. The zero-order valence-electron chi connectivity index (χ0n) is 7.99. The van der Waals surface area contributed by atoms with Crippen LogP contribution < -0.4 is 0 Å². The minimum absolute atomic E-state index is 0.238. The van der Waals surface area contributed by atoms with Crippen LogP contribution in [0.2, 0.25) is 0 Å². The summed E-state index contributed by atoms with van der Waals surface area (Å²) in [4.78, 5) is 1.31. The summed E-state index contributed by atoms with van der Waals surface area (Å²) < 4.78 is 0. The Hall–Kier alpha value is -0.470. The largest absolute Gasteiger partial charge is 0.396 e. The summed E-state index contributed by atoms with van der Waals surface area (Å²) in [5, 5.41) is 8.78. The van der Waals surface area contributed by atoms with E-state index in [9.17, 15) is 0 Å². The minimum Gasteiger partial charge on any atom is -0.396 e. The fourth-order valence-corrected chi connectivity index (χ4v) is 1.99. The molecule has 13 heavy (non-hydrogen) atoms. The standard InChI is InChI=1S/C11H16OS/c1-2-8-13-11-5-3-4-10(9-11)6-7-12/h3-5,9,12H,2,6-8H2,1H3. The SMILES string of the molecule is CCCSc1cccc(CCO)c1. The molecule has 0 atom stereocenters. The smallest absolute Gasteiger partial charge is 0.0471 e. The van der Waals surface area contributed by atoms with Crippen LogP contribution in [0.1, 0.15) is 18.9 Å². The first-order valence-electron chi connectivity index (χ1n) is 4.69. The maximum Gasteiger partial charge on any atom is 0.0471 e. The van der Waals surface area contributed by atoms with E-state index in [1.807, 2.05) is 11.8 Å². The molecular formula is C11H16OS. The predicted molar refractivity (Wildman–Crippen MR) is 58.2 cm³/mol. The molecule has 2 heteroatoms. The van der Waals surface area contributed by atoms with Crippen LogP contribution in [0.15, 0.2) is 29.2 Å². The maximum atomic E-state index is 8.78. The van der Waals surface area contributed by atoms with Gasteiger partial charge in [0, 0.05) is 11.5 Å². The fraction of sp³-hybridized carbons (Fsp3) is 0.455. The lowest BCUT2D eigenvalue weighted by Gasteiger charge is -2.02. The molecule has 0 aliphatic carbocycles. The highest BCUT2D eigenvalue weighted by atomic mass is 32.2. The summed E-state index contributed by atoms with van der Waals surface area (Å²) in [5.74, 6) is 1.17. The molecular weight excluding hydrogens is 180 g/mol. The van der Waals surface area contributed by atoms with E-state index in [0.717, 1.165) is 6.42 Å². The number of thioether (sulfide) groups is 1. The summed E-state index contributed by atoms with van der Waals surface area (Å²) in [7, 11) is 0. The topological polar surface area (TPSA) is 20.2 Å². The van der Waals surface area contributed by atoms with Crippen molar-refractivity contribution in [3.8, 4) is 0 Å². The molecule has 0 saturated carbocycles. The average Bonchev–Trinajstić information content (AvgIpc) is 2.16. The Morgan fingerprint density at radius 2 is 2.23 bits per heavy atom. The Morgan fingerprint density at radius 3 is 2.92 bits per heavy atom. The van der Waals surface area contributed by atoms with Crippen LogP contribution in [0.3, 0.4) is 0 Å². The maximum absolute atomic E-state index is 8.78. The van der Waals surface area contributed by atoms with Crippen LogP contribution in [-0.4, -0.2) is 17.5 Å². The summed E-state index contributed by atoms with van der Waals surface area (Å²) in [6.07, 6.45) is 1.97. The number of benzene rings is 1.